The Morgan fingerprint density at radius 3 is 2.44 bits per heavy atom. The molecule has 4 nitrogen and oxygen atoms in total. The van der Waals surface area contributed by atoms with Gasteiger partial charge in [-0.15, -0.1) is 0 Å². The molecule has 0 N–H and O–H groups in total. The summed E-state index contributed by atoms with van der Waals surface area (Å²) in [6.45, 7) is 0.929. The molecule has 1 atom stereocenters. The van der Waals surface area contributed by atoms with Crippen LogP contribution in [0.5, 0.6) is 5.75 Å². The van der Waals surface area contributed by atoms with Crippen LogP contribution in [0.3, 0.4) is 0 Å². The van der Waals surface area contributed by atoms with E-state index in [1.165, 1.54) is 0 Å². The van der Waals surface area contributed by atoms with E-state index in [2.05, 4.69) is 41.2 Å². The molecule has 0 radical (unpaired) electrons. The van der Waals surface area contributed by atoms with E-state index in [1.807, 2.05) is 42.5 Å². The topological polar surface area (TPSA) is 39.5 Å². The van der Waals surface area contributed by atoms with Crippen molar-refractivity contribution in [3.63, 3.8) is 0 Å². The van der Waals surface area contributed by atoms with E-state index >= 15 is 0 Å². The SMILES string of the molecule is COc1ccc(/C2=C/N(c3ccccc3)C(C#N)CCCN2C)cc1. The van der Waals surface area contributed by atoms with Gasteiger partial charge in [-0.25, -0.2) is 0 Å². The molecule has 0 spiro atoms. The number of hydrogen-bond acceptors (Lipinski definition) is 4. The summed E-state index contributed by atoms with van der Waals surface area (Å²) in [5.74, 6) is 0.840. The quantitative estimate of drug-likeness (QED) is 0.847. The van der Waals surface area contributed by atoms with E-state index in [1.54, 1.807) is 7.11 Å². The Kier molecular flexibility index (Phi) is 5.25. The number of ether oxygens (including phenoxy) is 1. The standard InChI is InChI=1S/C21H23N3O/c1-23-14-6-9-19(15-22)24(18-7-4-3-5-8-18)16-21(23)17-10-12-20(25-2)13-11-17/h3-5,7-8,10-13,16,19H,6,9,14H2,1-2H3/b21-16-. The molecule has 0 aromatic heterocycles. The zero-order chi connectivity index (χ0) is 17.6. The van der Waals surface area contributed by atoms with Gasteiger partial charge in [0.05, 0.1) is 18.9 Å². The zero-order valence-corrected chi connectivity index (χ0v) is 14.7. The van der Waals surface area contributed by atoms with Gasteiger partial charge in [0.1, 0.15) is 11.8 Å². The van der Waals surface area contributed by atoms with Crippen LogP contribution in [0.4, 0.5) is 5.69 Å². The van der Waals surface area contributed by atoms with Gasteiger partial charge in [-0.2, -0.15) is 5.26 Å². The summed E-state index contributed by atoms with van der Waals surface area (Å²) in [7, 11) is 3.77. The number of hydrogen-bond donors (Lipinski definition) is 0. The largest absolute Gasteiger partial charge is 0.497 e. The molecule has 0 saturated carbocycles. The molecule has 0 amide bonds. The molecule has 0 bridgehead atoms. The van der Waals surface area contributed by atoms with Gasteiger partial charge in [-0.1, -0.05) is 18.2 Å². The Bertz CT molecular complexity index is 762. The summed E-state index contributed by atoms with van der Waals surface area (Å²) in [5, 5.41) is 9.68. The second-order valence-corrected chi connectivity index (χ2v) is 6.19. The maximum absolute atomic E-state index is 9.68. The fraction of sp³-hybridized carbons (Fsp3) is 0.286. The van der Waals surface area contributed by atoms with Crippen LogP contribution < -0.4 is 9.64 Å². The van der Waals surface area contributed by atoms with E-state index in [4.69, 9.17) is 4.74 Å². The lowest BCUT2D eigenvalue weighted by atomic mass is 10.1. The van der Waals surface area contributed by atoms with Crippen molar-refractivity contribution in [2.24, 2.45) is 0 Å². The van der Waals surface area contributed by atoms with Crippen molar-refractivity contribution in [2.75, 3.05) is 25.6 Å². The Labute approximate surface area is 149 Å². The highest BCUT2D eigenvalue weighted by atomic mass is 16.5. The van der Waals surface area contributed by atoms with Crippen molar-refractivity contribution in [3.8, 4) is 11.8 Å². The molecule has 1 heterocycles. The lowest BCUT2D eigenvalue weighted by Gasteiger charge is -2.33. The minimum atomic E-state index is -0.163. The molecule has 0 aliphatic carbocycles. The molecule has 2 aromatic rings. The highest BCUT2D eigenvalue weighted by Crippen LogP contribution is 2.28. The second kappa shape index (κ2) is 7.76. The third-order valence-electron chi connectivity index (χ3n) is 4.57. The Morgan fingerprint density at radius 1 is 1.08 bits per heavy atom. The van der Waals surface area contributed by atoms with E-state index in [-0.39, 0.29) is 6.04 Å². The lowest BCUT2D eigenvalue weighted by Crippen LogP contribution is -2.34. The third-order valence-corrected chi connectivity index (χ3v) is 4.57. The average molecular weight is 333 g/mol. The van der Waals surface area contributed by atoms with Gasteiger partial charge in [0.25, 0.3) is 0 Å². The van der Waals surface area contributed by atoms with Crippen molar-refractivity contribution in [1.82, 2.24) is 4.90 Å². The Balaban J connectivity index is 2.06. The zero-order valence-electron chi connectivity index (χ0n) is 14.7. The summed E-state index contributed by atoms with van der Waals surface area (Å²) < 4.78 is 5.27. The average Bonchev–Trinajstić information content (AvgIpc) is 2.66. The minimum absolute atomic E-state index is 0.163. The molecule has 25 heavy (non-hydrogen) atoms. The summed E-state index contributed by atoms with van der Waals surface area (Å²) in [5.41, 5.74) is 3.25. The molecule has 128 valence electrons. The maximum Gasteiger partial charge on any atom is 0.121 e. The number of rotatable bonds is 3. The maximum atomic E-state index is 9.68. The lowest BCUT2D eigenvalue weighted by molar-refractivity contribution is 0.414. The molecule has 2 aromatic carbocycles. The van der Waals surface area contributed by atoms with Crippen LogP contribution in [0.15, 0.2) is 60.8 Å². The van der Waals surface area contributed by atoms with Gasteiger partial charge in [-0.3, -0.25) is 0 Å². The van der Waals surface area contributed by atoms with Crippen LogP contribution in [-0.2, 0) is 0 Å². The van der Waals surface area contributed by atoms with Gasteiger partial charge in [0.15, 0.2) is 0 Å². The molecule has 1 unspecified atom stereocenters. The molecule has 1 aliphatic heterocycles. The first-order valence-corrected chi connectivity index (χ1v) is 8.53. The van der Waals surface area contributed by atoms with Crippen molar-refractivity contribution in [3.05, 3.63) is 66.4 Å². The van der Waals surface area contributed by atoms with Crippen molar-refractivity contribution in [2.45, 2.75) is 18.9 Å². The fourth-order valence-electron chi connectivity index (χ4n) is 3.14. The molecule has 0 fully saturated rings. The van der Waals surface area contributed by atoms with Crippen molar-refractivity contribution < 1.29 is 4.74 Å². The van der Waals surface area contributed by atoms with Crippen LogP contribution >= 0.6 is 0 Å². The predicted molar refractivity (Wildman–Crippen MR) is 101 cm³/mol. The number of benzene rings is 2. The van der Waals surface area contributed by atoms with E-state index < -0.39 is 0 Å². The summed E-state index contributed by atoms with van der Waals surface area (Å²) >= 11 is 0. The van der Waals surface area contributed by atoms with Crippen LogP contribution in [0.25, 0.3) is 5.70 Å². The number of anilines is 1. The molecular weight excluding hydrogens is 310 g/mol. The fourth-order valence-corrected chi connectivity index (χ4v) is 3.14. The molecule has 0 saturated heterocycles. The molecule has 3 rings (SSSR count). The highest BCUT2D eigenvalue weighted by molar-refractivity contribution is 5.69. The van der Waals surface area contributed by atoms with Crippen molar-refractivity contribution in [1.29, 1.82) is 5.26 Å². The number of nitriles is 1. The van der Waals surface area contributed by atoms with Gasteiger partial charge in [0.2, 0.25) is 0 Å². The van der Waals surface area contributed by atoms with Gasteiger partial charge >= 0.3 is 0 Å². The molecule has 4 heteroatoms. The van der Waals surface area contributed by atoms with Crippen molar-refractivity contribution >= 4 is 11.4 Å². The van der Waals surface area contributed by atoms with Gasteiger partial charge < -0.3 is 14.5 Å². The van der Waals surface area contributed by atoms with Crippen LogP contribution in [0.2, 0.25) is 0 Å². The van der Waals surface area contributed by atoms with Crippen LogP contribution in [0.1, 0.15) is 18.4 Å². The first-order valence-electron chi connectivity index (χ1n) is 8.53. The first kappa shape index (κ1) is 16.9. The van der Waals surface area contributed by atoms with Crippen LogP contribution in [0, 0.1) is 11.3 Å². The summed E-state index contributed by atoms with van der Waals surface area (Å²) in [4.78, 5) is 4.35. The summed E-state index contributed by atoms with van der Waals surface area (Å²) in [6, 6.07) is 20.5. The van der Waals surface area contributed by atoms with E-state index in [0.29, 0.717) is 0 Å². The third kappa shape index (κ3) is 3.77. The first-order chi connectivity index (χ1) is 12.2. The Morgan fingerprint density at radius 2 is 1.80 bits per heavy atom. The smallest absolute Gasteiger partial charge is 0.121 e. The van der Waals surface area contributed by atoms with Gasteiger partial charge in [-0.05, 0) is 54.8 Å². The second-order valence-electron chi connectivity index (χ2n) is 6.19. The predicted octanol–water partition coefficient (Wildman–Crippen LogP) is 4.12. The van der Waals surface area contributed by atoms with Crippen LogP contribution in [-0.4, -0.2) is 31.6 Å². The summed E-state index contributed by atoms with van der Waals surface area (Å²) in [6.07, 6.45) is 3.93. The number of nitrogens with zero attached hydrogens (tertiary/aromatic N) is 3. The van der Waals surface area contributed by atoms with E-state index in [0.717, 1.165) is 42.1 Å². The Hall–Kier alpha value is -2.93. The number of methoxy groups -OCH3 is 1. The van der Waals surface area contributed by atoms with Gasteiger partial charge in [0, 0.05) is 25.5 Å². The molecule has 1 aliphatic rings. The molecular formula is C21H23N3O. The number of para-hydroxylation sites is 1. The minimum Gasteiger partial charge on any atom is -0.497 e. The highest BCUT2D eigenvalue weighted by Gasteiger charge is 2.22. The monoisotopic (exact) mass is 333 g/mol. The van der Waals surface area contributed by atoms with E-state index in [9.17, 15) is 5.26 Å². The normalized spacial score (nSPS) is 20.0.